The molecule has 4 nitrogen and oxygen atoms in total. The Balaban J connectivity index is 2.01. The number of nitrogens with one attached hydrogen (secondary N) is 1. The molecule has 0 heterocycles. The van der Waals surface area contributed by atoms with Crippen LogP contribution >= 0.6 is 0 Å². The Bertz CT molecular complexity index is 532. The second kappa shape index (κ2) is 5.97. The standard InChI is InChI=1S/C15H20F2N2O2/c1-10(8-20)19(2)14(21)18-9-15(5-6-15)12-4-3-11(16)7-13(12)17/h3-4,7,10,20H,5-6,8-9H2,1-2H3,(H,18,21). The maximum absolute atomic E-state index is 13.9. The smallest absolute Gasteiger partial charge is 0.317 e. The van der Waals surface area contributed by atoms with Crippen LogP contribution in [-0.4, -0.2) is 42.3 Å². The van der Waals surface area contributed by atoms with Crippen LogP contribution in [-0.2, 0) is 5.41 Å². The van der Waals surface area contributed by atoms with Crippen molar-refractivity contribution in [2.45, 2.75) is 31.2 Å². The quantitative estimate of drug-likeness (QED) is 0.874. The van der Waals surface area contributed by atoms with Crippen LogP contribution in [0.2, 0.25) is 0 Å². The van der Waals surface area contributed by atoms with Crippen LogP contribution < -0.4 is 5.32 Å². The SMILES string of the molecule is CC(CO)N(C)C(=O)NCC1(c2ccc(F)cc2F)CC1. The van der Waals surface area contributed by atoms with Crippen LogP contribution in [0.4, 0.5) is 13.6 Å². The van der Waals surface area contributed by atoms with Crippen molar-refractivity contribution in [1.82, 2.24) is 10.2 Å². The van der Waals surface area contributed by atoms with Crippen molar-refractivity contribution < 1.29 is 18.7 Å². The maximum atomic E-state index is 13.9. The summed E-state index contributed by atoms with van der Waals surface area (Å²) in [4.78, 5) is 13.3. The lowest BCUT2D eigenvalue weighted by Gasteiger charge is -2.25. The number of benzene rings is 1. The molecular formula is C15H20F2N2O2. The van der Waals surface area contributed by atoms with E-state index in [0.29, 0.717) is 12.1 Å². The third kappa shape index (κ3) is 3.32. The van der Waals surface area contributed by atoms with Crippen molar-refractivity contribution in [1.29, 1.82) is 0 Å². The molecule has 2 N–H and O–H groups in total. The van der Waals surface area contributed by atoms with Gasteiger partial charge in [-0.05, 0) is 31.4 Å². The van der Waals surface area contributed by atoms with Crippen LogP contribution in [0, 0.1) is 11.6 Å². The number of carbonyl (C=O) groups excluding carboxylic acids is 1. The Morgan fingerprint density at radius 1 is 1.48 bits per heavy atom. The van der Waals surface area contributed by atoms with Crippen molar-refractivity contribution in [3.05, 3.63) is 35.4 Å². The average molecular weight is 298 g/mol. The van der Waals surface area contributed by atoms with E-state index in [-0.39, 0.29) is 18.7 Å². The lowest BCUT2D eigenvalue weighted by atomic mass is 9.95. The van der Waals surface area contributed by atoms with E-state index >= 15 is 0 Å². The lowest BCUT2D eigenvalue weighted by molar-refractivity contribution is 0.157. The van der Waals surface area contributed by atoms with Crippen molar-refractivity contribution in [2.75, 3.05) is 20.2 Å². The largest absolute Gasteiger partial charge is 0.394 e. The summed E-state index contributed by atoms with van der Waals surface area (Å²) in [7, 11) is 1.59. The number of nitrogens with zero attached hydrogens (tertiary/aromatic N) is 1. The number of rotatable bonds is 5. The van der Waals surface area contributed by atoms with E-state index in [2.05, 4.69) is 5.32 Å². The summed E-state index contributed by atoms with van der Waals surface area (Å²) in [6, 6.07) is 2.95. The van der Waals surface area contributed by atoms with E-state index < -0.39 is 17.0 Å². The lowest BCUT2D eigenvalue weighted by Crippen LogP contribution is -2.46. The average Bonchev–Trinajstić information content (AvgIpc) is 3.24. The molecule has 0 spiro atoms. The van der Waals surface area contributed by atoms with Gasteiger partial charge in [0.1, 0.15) is 11.6 Å². The van der Waals surface area contributed by atoms with Crippen LogP contribution in [0.15, 0.2) is 18.2 Å². The molecule has 116 valence electrons. The number of aliphatic hydroxyl groups excluding tert-OH is 1. The van der Waals surface area contributed by atoms with Crippen molar-refractivity contribution >= 4 is 6.03 Å². The Kier molecular flexibility index (Phi) is 4.46. The molecule has 2 rings (SSSR count). The molecule has 0 radical (unpaired) electrons. The number of urea groups is 1. The molecule has 1 aliphatic carbocycles. The predicted molar refractivity (Wildman–Crippen MR) is 75.0 cm³/mol. The fraction of sp³-hybridized carbons (Fsp3) is 0.533. The summed E-state index contributed by atoms with van der Waals surface area (Å²) in [5, 5.41) is 11.8. The van der Waals surface area contributed by atoms with E-state index in [1.54, 1.807) is 14.0 Å². The highest BCUT2D eigenvalue weighted by Gasteiger charge is 2.46. The molecule has 21 heavy (non-hydrogen) atoms. The topological polar surface area (TPSA) is 52.6 Å². The molecule has 2 amide bonds. The molecule has 1 aromatic rings. The fourth-order valence-electron chi connectivity index (χ4n) is 2.30. The van der Waals surface area contributed by atoms with Gasteiger partial charge in [-0.2, -0.15) is 0 Å². The summed E-state index contributed by atoms with van der Waals surface area (Å²) in [6.07, 6.45) is 1.52. The minimum atomic E-state index is -0.604. The van der Waals surface area contributed by atoms with Crippen LogP contribution in [0.5, 0.6) is 0 Å². The normalized spacial score (nSPS) is 17.2. The first kappa shape index (κ1) is 15.7. The van der Waals surface area contributed by atoms with Gasteiger partial charge in [-0.25, -0.2) is 13.6 Å². The Morgan fingerprint density at radius 2 is 2.14 bits per heavy atom. The van der Waals surface area contributed by atoms with E-state index in [9.17, 15) is 13.6 Å². The monoisotopic (exact) mass is 298 g/mol. The highest BCUT2D eigenvalue weighted by molar-refractivity contribution is 5.74. The summed E-state index contributed by atoms with van der Waals surface area (Å²) >= 11 is 0. The van der Waals surface area contributed by atoms with Crippen LogP contribution in [0.25, 0.3) is 0 Å². The Morgan fingerprint density at radius 3 is 2.67 bits per heavy atom. The number of amides is 2. The van der Waals surface area contributed by atoms with Crippen molar-refractivity contribution in [3.8, 4) is 0 Å². The van der Waals surface area contributed by atoms with Gasteiger partial charge in [0.2, 0.25) is 0 Å². The Hall–Kier alpha value is -1.69. The minimum absolute atomic E-state index is 0.123. The highest BCUT2D eigenvalue weighted by Crippen LogP contribution is 2.48. The summed E-state index contributed by atoms with van der Waals surface area (Å²) in [5.74, 6) is -1.17. The van der Waals surface area contributed by atoms with Crippen molar-refractivity contribution in [3.63, 3.8) is 0 Å². The van der Waals surface area contributed by atoms with Gasteiger partial charge < -0.3 is 15.3 Å². The molecule has 6 heteroatoms. The zero-order valence-corrected chi connectivity index (χ0v) is 12.2. The predicted octanol–water partition coefficient (Wildman–Crippen LogP) is 2.02. The summed E-state index contributed by atoms with van der Waals surface area (Å²) in [5.41, 5.74) is 0.0126. The molecule has 1 aliphatic rings. The molecule has 0 aliphatic heterocycles. The number of halogens is 2. The summed E-state index contributed by atoms with van der Waals surface area (Å²) in [6.45, 7) is 1.91. The molecule has 1 saturated carbocycles. The second-order valence-corrected chi connectivity index (χ2v) is 5.71. The molecule has 0 saturated heterocycles. The number of aliphatic hydroxyl groups is 1. The zero-order chi connectivity index (χ0) is 15.6. The maximum Gasteiger partial charge on any atom is 0.317 e. The van der Waals surface area contributed by atoms with E-state index in [4.69, 9.17) is 5.11 Å². The first-order valence-electron chi connectivity index (χ1n) is 6.97. The summed E-state index contributed by atoms with van der Waals surface area (Å²) < 4.78 is 26.8. The minimum Gasteiger partial charge on any atom is -0.394 e. The first-order chi connectivity index (χ1) is 9.89. The number of hydrogen-bond donors (Lipinski definition) is 2. The van der Waals surface area contributed by atoms with Crippen LogP contribution in [0.3, 0.4) is 0 Å². The third-order valence-electron chi connectivity index (χ3n) is 4.18. The number of likely N-dealkylation sites (N-methyl/N-ethyl adjacent to an activating group) is 1. The molecule has 0 bridgehead atoms. The van der Waals surface area contributed by atoms with Crippen molar-refractivity contribution in [2.24, 2.45) is 0 Å². The highest BCUT2D eigenvalue weighted by atomic mass is 19.1. The number of carbonyl (C=O) groups is 1. The van der Waals surface area contributed by atoms with Gasteiger partial charge in [0, 0.05) is 25.1 Å². The van der Waals surface area contributed by atoms with Gasteiger partial charge in [0.15, 0.2) is 0 Å². The molecule has 1 unspecified atom stereocenters. The number of hydrogen-bond acceptors (Lipinski definition) is 2. The van der Waals surface area contributed by atoms with Crippen LogP contribution in [0.1, 0.15) is 25.3 Å². The van der Waals surface area contributed by atoms with Gasteiger partial charge in [-0.1, -0.05) is 6.07 Å². The Labute approximate surface area is 122 Å². The first-order valence-corrected chi connectivity index (χ1v) is 6.97. The van der Waals surface area contributed by atoms with E-state index in [0.717, 1.165) is 18.9 Å². The zero-order valence-electron chi connectivity index (χ0n) is 12.2. The van der Waals surface area contributed by atoms with Gasteiger partial charge >= 0.3 is 6.03 Å². The molecule has 1 fully saturated rings. The van der Waals surface area contributed by atoms with E-state index in [1.165, 1.54) is 17.0 Å². The molecular weight excluding hydrogens is 278 g/mol. The fourth-order valence-corrected chi connectivity index (χ4v) is 2.30. The van der Waals surface area contributed by atoms with E-state index in [1.807, 2.05) is 0 Å². The molecule has 1 atom stereocenters. The van der Waals surface area contributed by atoms with Gasteiger partial charge in [0.25, 0.3) is 0 Å². The molecule has 0 aromatic heterocycles. The molecule has 1 aromatic carbocycles. The van der Waals surface area contributed by atoms with Gasteiger partial charge in [-0.3, -0.25) is 0 Å². The van der Waals surface area contributed by atoms with Gasteiger partial charge in [0.05, 0.1) is 12.6 Å². The van der Waals surface area contributed by atoms with Gasteiger partial charge in [-0.15, -0.1) is 0 Å². The third-order valence-corrected chi connectivity index (χ3v) is 4.18. The second-order valence-electron chi connectivity index (χ2n) is 5.71.